The summed E-state index contributed by atoms with van der Waals surface area (Å²) in [5.41, 5.74) is 9.80. The Morgan fingerprint density at radius 2 is 1.44 bits per heavy atom. The molecule has 0 bridgehead atoms. The van der Waals surface area contributed by atoms with E-state index in [1.54, 1.807) is 6.92 Å². The minimum atomic E-state index is -4.68. The van der Waals surface area contributed by atoms with Crippen molar-refractivity contribution < 1.29 is 13.2 Å². The van der Waals surface area contributed by atoms with Crippen molar-refractivity contribution in [2.45, 2.75) is 19.5 Å². The first-order valence-corrected chi connectivity index (χ1v) is 5.09. The molecule has 0 atom stereocenters. The van der Waals surface area contributed by atoms with Crippen LogP contribution in [-0.2, 0) is 12.6 Å². The Morgan fingerprint density at radius 3 is 1.69 bits per heavy atom. The van der Waals surface area contributed by atoms with Gasteiger partial charge in [-0.15, -0.1) is 0 Å². The van der Waals surface area contributed by atoms with Crippen LogP contribution in [0.1, 0.15) is 18.1 Å². The van der Waals surface area contributed by atoms with Crippen molar-refractivity contribution >= 4 is 34.6 Å². The number of rotatable bonds is 1. The van der Waals surface area contributed by atoms with Crippen molar-refractivity contribution in [2.24, 2.45) is 0 Å². The highest BCUT2D eigenvalue weighted by atomic mass is 35.5. The first kappa shape index (κ1) is 13.3. The van der Waals surface area contributed by atoms with Gasteiger partial charge in [0.15, 0.2) is 0 Å². The monoisotopic (exact) mass is 272 g/mol. The third-order valence-corrected chi connectivity index (χ3v) is 2.98. The van der Waals surface area contributed by atoms with Crippen molar-refractivity contribution in [3.63, 3.8) is 0 Å². The van der Waals surface area contributed by atoms with E-state index in [4.69, 9.17) is 34.7 Å². The molecular weight excluding hydrogens is 264 g/mol. The third-order valence-electron chi connectivity index (χ3n) is 2.20. The molecule has 0 amide bonds. The molecule has 2 nitrogen and oxygen atoms in total. The molecule has 0 spiro atoms. The summed E-state index contributed by atoms with van der Waals surface area (Å²) >= 11 is 11.1. The Balaban J connectivity index is 3.67. The van der Waals surface area contributed by atoms with Gasteiger partial charge < -0.3 is 11.5 Å². The van der Waals surface area contributed by atoms with Gasteiger partial charge in [0.25, 0.3) is 0 Å². The van der Waals surface area contributed by atoms with Crippen LogP contribution in [0.15, 0.2) is 0 Å². The van der Waals surface area contributed by atoms with Gasteiger partial charge in [0.2, 0.25) is 0 Å². The van der Waals surface area contributed by atoms with E-state index in [1.807, 2.05) is 0 Å². The fraction of sp³-hybridized carbons (Fsp3) is 0.333. The number of anilines is 2. The lowest BCUT2D eigenvalue weighted by atomic mass is 10.0. The third kappa shape index (κ3) is 2.01. The van der Waals surface area contributed by atoms with Crippen LogP contribution < -0.4 is 11.5 Å². The van der Waals surface area contributed by atoms with Crippen molar-refractivity contribution in [1.82, 2.24) is 0 Å². The minimum absolute atomic E-state index is 0.168. The molecule has 16 heavy (non-hydrogen) atoms. The molecule has 0 radical (unpaired) electrons. The highest BCUT2D eigenvalue weighted by Crippen LogP contribution is 2.46. The van der Waals surface area contributed by atoms with Crippen LogP contribution >= 0.6 is 23.2 Å². The Kier molecular flexibility index (Phi) is 3.50. The van der Waals surface area contributed by atoms with Gasteiger partial charge in [-0.2, -0.15) is 13.2 Å². The van der Waals surface area contributed by atoms with E-state index in [9.17, 15) is 13.2 Å². The number of benzene rings is 1. The Bertz CT molecular complexity index is 401. The molecule has 0 heterocycles. The lowest BCUT2D eigenvalue weighted by Gasteiger charge is -2.18. The lowest BCUT2D eigenvalue weighted by molar-refractivity contribution is -0.137. The maximum atomic E-state index is 12.6. The van der Waals surface area contributed by atoms with Crippen molar-refractivity contribution in [1.29, 1.82) is 0 Å². The average Bonchev–Trinajstić information content (AvgIpc) is 2.14. The molecule has 4 N–H and O–H groups in total. The highest BCUT2D eigenvalue weighted by Gasteiger charge is 2.38. The van der Waals surface area contributed by atoms with Gasteiger partial charge in [-0.05, 0) is 6.42 Å². The molecule has 1 aromatic rings. The van der Waals surface area contributed by atoms with Crippen LogP contribution in [-0.4, -0.2) is 0 Å². The first-order valence-electron chi connectivity index (χ1n) is 4.33. The van der Waals surface area contributed by atoms with Crippen LogP contribution in [0, 0.1) is 0 Å². The summed E-state index contributed by atoms with van der Waals surface area (Å²) in [4.78, 5) is 0. The zero-order chi connectivity index (χ0) is 12.7. The predicted octanol–water partition coefficient (Wildman–Crippen LogP) is 3.74. The Morgan fingerprint density at radius 1 is 1.06 bits per heavy atom. The molecule has 1 aromatic carbocycles. The number of nitrogens with two attached hydrogens (primary N) is 2. The number of nitrogen functional groups attached to an aromatic ring is 2. The van der Waals surface area contributed by atoms with Crippen molar-refractivity contribution in [2.75, 3.05) is 11.5 Å². The quantitative estimate of drug-likeness (QED) is 0.766. The van der Waals surface area contributed by atoms with Crippen LogP contribution in [0.4, 0.5) is 24.5 Å². The van der Waals surface area contributed by atoms with Gasteiger partial charge in [-0.1, -0.05) is 30.1 Å². The molecule has 0 saturated heterocycles. The SMILES string of the molecule is CCc1c(N)c(Cl)c(C(F)(F)F)c(Cl)c1N. The zero-order valence-corrected chi connectivity index (χ0v) is 9.76. The smallest absolute Gasteiger partial charge is 0.397 e. The Hall–Kier alpha value is -0.810. The van der Waals surface area contributed by atoms with E-state index < -0.39 is 21.8 Å². The summed E-state index contributed by atoms with van der Waals surface area (Å²) in [5.74, 6) is 0. The van der Waals surface area contributed by atoms with Gasteiger partial charge in [-0.3, -0.25) is 0 Å². The van der Waals surface area contributed by atoms with E-state index in [0.717, 1.165) is 0 Å². The van der Waals surface area contributed by atoms with Gasteiger partial charge in [0.05, 0.1) is 27.0 Å². The second-order valence-corrected chi connectivity index (χ2v) is 3.92. The number of hydrogen-bond donors (Lipinski definition) is 2. The average molecular weight is 273 g/mol. The maximum Gasteiger partial charge on any atom is 0.419 e. The predicted molar refractivity (Wildman–Crippen MR) is 59.7 cm³/mol. The fourth-order valence-electron chi connectivity index (χ4n) is 1.41. The molecule has 0 saturated carbocycles. The molecular formula is C9H9Cl2F3N2. The van der Waals surface area contributed by atoms with E-state index in [0.29, 0.717) is 12.0 Å². The summed E-state index contributed by atoms with van der Waals surface area (Å²) in [6.07, 6.45) is -4.32. The minimum Gasteiger partial charge on any atom is -0.397 e. The number of hydrogen-bond acceptors (Lipinski definition) is 2. The van der Waals surface area contributed by atoms with E-state index in [-0.39, 0.29) is 11.4 Å². The molecule has 0 aliphatic heterocycles. The van der Waals surface area contributed by atoms with Crippen LogP contribution in [0.3, 0.4) is 0 Å². The number of halogens is 5. The zero-order valence-electron chi connectivity index (χ0n) is 8.25. The summed E-state index contributed by atoms with van der Waals surface area (Å²) in [6.45, 7) is 1.70. The molecule has 1 rings (SSSR count). The fourth-order valence-corrected chi connectivity index (χ4v) is 2.09. The molecule has 0 aromatic heterocycles. The van der Waals surface area contributed by atoms with Gasteiger partial charge >= 0.3 is 6.18 Å². The second kappa shape index (κ2) is 4.22. The van der Waals surface area contributed by atoms with Gasteiger partial charge in [-0.25, -0.2) is 0 Å². The normalized spacial score (nSPS) is 11.9. The van der Waals surface area contributed by atoms with Crippen LogP contribution in [0.2, 0.25) is 10.0 Å². The topological polar surface area (TPSA) is 52.0 Å². The Labute approximate surface area is 100 Å². The van der Waals surface area contributed by atoms with E-state index >= 15 is 0 Å². The highest BCUT2D eigenvalue weighted by molar-refractivity contribution is 6.39. The van der Waals surface area contributed by atoms with Crippen molar-refractivity contribution in [3.8, 4) is 0 Å². The standard InChI is InChI=1S/C9H9Cl2F3N2/c1-2-3-7(15)5(10)4(9(12,13)14)6(11)8(3)16/h2,15-16H2,1H3. The van der Waals surface area contributed by atoms with Crippen molar-refractivity contribution in [3.05, 3.63) is 21.2 Å². The molecule has 0 aliphatic carbocycles. The lowest BCUT2D eigenvalue weighted by Crippen LogP contribution is -2.12. The molecule has 90 valence electrons. The molecule has 0 aliphatic rings. The molecule has 0 fully saturated rings. The summed E-state index contributed by atoms with van der Waals surface area (Å²) in [6, 6.07) is 0. The van der Waals surface area contributed by atoms with Gasteiger partial charge in [0.1, 0.15) is 0 Å². The summed E-state index contributed by atoms with van der Waals surface area (Å²) in [5, 5.41) is -1.19. The maximum absolute atomic E-state index is 12.6. The largest absolute Gasteiger partial charge is 0.419 e. The molecule has 7 heteroatoms. The number of alkyl halides is 3. The van der Waals surface area contributed by atoms with Crippen LogP contribution in [0.25, 0.3) is 0 Å². The van der Waals surface area contributed by atoms with E-state index in [1.165, 1.54) is 0 Å². The summed E-state index contributed by atoms with van der Waals surface area (Å²) in [7, 11) is 0. The van der Waals surface area contributed by atoms with Crippen LogP contribution in [0.5, 0.6) is 0 Å². The van der Waals surface area contributed by atoms with Gasteiger partial charge in [0, 0.05) is 5.56 Å². The second-order valence-electron chi connectivity index (χ2n) is 3.16. The molecule has 0 unspecified atom stereocenters. The summed E-state index contributed by atoms with van der Waals surface area (Å²) < 4.78 is 37.9. The first-order chi connectivity index (χ1) is 7.21. The van der Waals surface area contributed by atoms with E-state index in [2.05, 4.69) is 0 Å².